The average Bonchev–Trinajstić information content (AvgIpc) is 3.18. The Morgan fingerprint density at radius 2 is 2.06 bits per heavy atom. The minimum atomic E-state index is 0.551. The Balaban J connectivity index is 1.73. The molecular formula is C14H27NOS. The smallest absolute Gasteiger partial charge is 0.0471 e. The van der Waals surface area contributed by atoms with Crippen molar-refractivity contribution in [2.75, 3.05) is 31.3 Å². The zero-order valence-corrected chi connectivity index (χ0v) is 12.0. The second-order valence-electron chi connectivity index (χ2n) is 5.57. The van der Waals surface area contributed by atoms with E-state index >= 15 is 0 Å². The van der Waals surface area contributed by atoms with Crippen LogP contribution in [-0.4, -0.2) is 37.3 Å². The summed E-state index contributed by atoms with van der Waals surface area (Å²) in [5.41, 5.74) is 0.551. The van der Waals surface area contributed by atoms with E-state index in [9.17, 15) is 0 Å². The summed E-state index contributed by atoms with van der Waals surface area (Å²) in [6, 6.07) is 0.847. The van der Waals surface area contributed by atoms with Crippen LogP contribution in [0.2, 0.25) is 0 Å². The van der Waals surface area contributed by atoms with Crippen molar-refractivity contribution >= 4 is 11.8 Å². The van der Waals surface area contributed by atoms with Gasteiger partial charge in [-0.2, -0.15) is 11.8 Å². The van der Waals surface area contributed by atoms with E-state index < -0.39 is 0 Å². The normalized spacial score (nSPS) is 23.8. The molecule has 100 valence electrons. The summed E-state index contributed by atoms with van der Waals surface area (Å²) in [7, 11) is 0. The fourth-order valence-electron chi connectivity index (χ4n) is 2.66. The van der Waals surface area contributed by atoms with Crippen molar-refractivity contribution in [1.82, 2.24) is 5.32 Å². The first-order valence-corrected chi connectivity index (χ1v) is 8.39. The predicted molar refractivity (Wildman–Crippen MR) is 75.7 cm³/mol. The molecule has 1 heterocycles. The molecule has 0 aromatic heterocycles. The fourth-order valence-corrected chi connectivity index (χ4v) is 3.30. The number of rotatable bonds is 8. The Morgan fingerprint density at radius 1 is 1.29 bits per heavy atom. The molecule has 17 heavy (non-hydrogen) atoms. The number of hydrogen-bond donors (Lipinski definition) is 1. The highest BCUT2D eigenvalue weighted by atomic mass is 32.2. The summed E-state index contributed by atoms with van der Waals surface area (Å²) in [5, 5.41) is 3.75. The summed E-state index contributed by atoms with van der Waals surface area (Å²) in [6.45, 7) is 5.45. The van der Waals surface area contributed by atoms with Crippen LogP contribution in [0.4, 0.5) is 0 Å². The van der Waals surface area contributed by atoms with Crippen LogP contribution in [-0.2, 0) is 4.74 Å². The van der Waals surface area contributed by atoms with Crippen molar-refractivity contribution in [2.24, 2.45) is 5.41 Å². The van der Waals surface area contributed by atoms with E-state index in [1.54, 1.807) is 0 Å². The third-order valence-corrected chi connectivity index (χ3v) is 5.08. The van der Waals surface area contributed by atoms with E-state index in [2.05, 4.69) is 24.0 Å². The predicted octanol–water partition coefficient (Wildman–Crippen LogP) is 3.07. The van der Waals surface area contributed by atoms with E-state index in [1.807, 2.05) is 0 Å². The van der Waals surface area contributed by atoms with Gasteiger partial charge in [0.2, 0.25) is 0 Å². The van der Waals surface area contributed by atoms with Gasteiger partial charge in [0.05, 0.1) is 0 Å². The van der Waals surface area contributed by atoms with Gasteiger partial charge in [-0.3, -0.25) is 0 Å². The molecule has 0 spiro atoms. The monoisotopic (exact) mass is 257 g/mol. The van der Waals surface area contributed by atoms with Gasteiger partial charge in [-0.15, -0.1) is 0 Å². The Hall–Kier alpha value is 0.270. The van der Waals surface area contributed by atoms with Crippen molar-refractivity contribution < 1.29 is 4.74 Å². The molecule has 1 aliphatic carbocycles. The number of hydrogen-bond acceptors (Lipinski definition) is 3. The summed E-state index contributed by atoms with van der Waals surface area (Å²) in [4.78, 5) is 0. The number of ether oxygens (including phenoxy) is 1. The third-order valence-electron chi connectivity index (χ3n) is 4.10. The molecule has 0 unspecified atom stereocenters. The Morgan fingerprint density at radius 3 is 2.71 bits per heavy atom. The van der Waals surface area contributed by atoms with Gasteiger partial charge in [0.15, 0.2) is 0 Å². The lowest BCUT2D eigenvalue weighted by molar-refractivity contribution is 0.0100. The first-order valence-electron chi connectivity index (χ1n) is 7.23. The van der Waals surface area contributed by atoms with Crippen molar-refractivity contribution in [3.05, 3.63) is 0 Å². The van der Waals surface area contributed by atoms with Crippen LogP contribution in [0.1, 0.15) is 45.4 Å². The van der Waals surface area contributed by atoms with Crippen molar-refractivity contribution in [3.63, 3.8) is 0 Å². The number of thioether (sulfide) groups is 1. The van der Waals surface area contributed by atoms with Gasteiger partial charge in [0, 0.05) is 25.8 Å². The second-order valence-corrected chi connectivity index (χ2v) is 6.96. The highest BCUT2D eigenvalue weighted by Gasteiger charge is 2.33. The zero-order valence-electron chi connectivity index (χ0n) is 11.2. The van der Waals surface area contributed by atoms with Crippen LogP contribution in [0.3, 0.4) is 0 Å². The SMILES string of the molecule is CCSCCCC1(CNC2CC2)CCOCC1. The highest BCUT2D eigenvalue weighted by Crippen LogP contribution is 2.36. The molecule has 3 heteroatoms. The maximum absolute atomic E-state index is 5.54. The molecule has 0 atom stereocenters. The lowest BCUT2D eigenvalue weighted by Gasteiger charge is -2.37. The molecule has 2 nitrogen and oxygen atoms in total. The molecule has 0 amide bonds. The van der Waals surface area contributed by atoms with Gasteiger partial charge in [0.1, 0.15) is 0 Å². The number of nitrogens with one attached hydrogen (secondary N) is 1. The molecule has 1 N–H and O–H groups in total. The van der Waals surface area contributed by atoms with Crippen molar-refractivity contribution in [3.8, 4) is 0 Å². The minimum absolute atomic E-state index is 0.551. The van der Waals surface area contributed by atoms with Crippen molar-refractivity contribution in [2.45, 2.75) is 51.5 Å². The van der Waals surface area contributed by atoms with Gasteiger partial charge < -0.3 is 10.1 Å². The van der Waals surface area contributed by atoms with Crippen LogP contribution < -0.4 is 5.32 Å². The van der Waals surface area contributed by atoms with E-state index in [1.165, 1.54) is 56.6 Å². The lowest BCUT2D eigenvalue weighted by Crippen LogP contribution is -2.40. The Labute approximate surface area is 110 Å². The minimum Gasteiger partial charge on any atom is -0.381 e. The summed E-state index contributed by atoms with van der Waals surface area (Å²) < 4.78 is 5.54. The van der Waals surface area contributed by atoms with Crippen LogP contribution in [0, 0.1) is 5.41 Å². The molecule has 0 radical (unpaired) electrons. The average molecular weight is 257 g/mol. The van der Waals surface area contributed by atoms with E-state index in [-0.39, 0.29) is 0 Å². The quantitative estimate of drug-likeness (QED) is 0.675. The van der Waals surface area contributed by atoms with E-state index in [0.29, 0.717) is 5.41 Å². The molecule has 0 aromatic carbocycles. The van der Waals surface area contributed by atoms with Crippen LogP contribution in [0.25, 0.3) is 0 Å². The van der Waals surface area contributed by atoms with E-state index in [4.69, 9.17) is 4.74 Å². The largest absolute Gasteiger partial charge is 0.381 e. The maximum atomic E-state index is 5.54. The molecule has 1 aliphatic heterocycles. The molecular weight excluding hydrogens is 230 g/mol. The molecule has 0 bridgehead atoms. The maximum Gasteiger partial charge on any atom is 0.0471 e. The van der Waals surface area contributed by atoms with E-state index in [0.717, 1.165) is 19.3 Å². The molecule has 2 fully saturated rings. The summed E-state index contributed by atoms with van der Waals surface area (Å²) >= 11 is 2.08. The summed E-state index contributed by atoms with van der Waals surface area (Å²) in [5.74, 6) is 2.60. The van der Waals surface area contributed by atoms with Gasteiger partial charge in [0.25, 0.3) is 0 Å². The second kappa shape index (κ2) is 7.01. The first kappa shape index (κ1) is 13.7. The fraction of sp³-hybridized carbons (Fsp3) is 1.00. The standard InChI is InChI=1S/C14H27NOS/c1-2-17-11-3-6-14(7-9-16-10-8-14)12-15-13-4-5-13/h13,15H,2-12H2,1H3. The van der Waals surface area contributed by atoms with Gasteiger partial charge in [-0.25, -0.2) is 0 Å². The van der Waals surface area contributed by atoms with Crippen molar-refractivity contribution in [1.29, 1.82) is 0 Å². The van der Waals surface area contributed by atoms with Gasteiger partial charge in [-0.05, 0) is 55.4 Å². The van der Waals surface area contributed by atoms with Gasteiger partial charge in [-0.1, -0.05) is 6.92 Å². The van der Waals surface area contributed by atoms with Crippen LogP contribution in [0.5, 0.6) is 0 Å². The zero-order chi connectivity index (χ0) is 12.0. The molecule has 2 rings (SSSR count). The van der Waals surface area contributed by atoms with Gasteiger partial charge >= 0.3 is 0 Å². The molecule has 2 aliphatic rings. The molecule has 0 aromatic rings. The Bertz CT molecular complexity index is 212. The molecule has 1 saturated heterocycles. The first-order chi connectivity index (χ1) is 8.35. The topological polar surface area (TPSA) is 21.3 Å². The molecule has 1 saturated carbocycles. The lowest BCUT2D eigenvalue weighted by atomic mass is 9.76. The third kappa shape index (κ3) is 4.80. The highest BCUT2D eigenvalue weighted by molar-refractivity contribution is 7.99. The Kier molecular flexibility index (Phi) is 5.64. The summed E-state index contributed by atoms with van der Waals surface area (Å²) in [6.07, 6.45) is 8.11. The van der Waals surface area contributed by atoms with Crippen LogP contribution >= 0.6 is 11.8 Å². The van der Waals surface area contributed by atoms with Crippen LogP contribution in [0.15, 0.2) is 0 Å².